The van der Waals surface area contributed by atoms with Crippen molar-refractivity contribution in [2.45, 2.75) is 13.8 Å². The molecular formula is C16H17N3. The average Bonchev–Trinajstić information content (AvgIpc) is 2.73. The molecule has 3 rings (SSSR count). The topological polar surface area (TPSA) is 43.8 Å². The minimum atomic E-state index is 0.0715. The lowest BCUT2D eigenvalue weighted by Gasteiger charge is -2.11. The van der Waals surface area contributed by atoms with E-state index >= 15 is 0 Å². The van der Waals surface area contributed by atoms with Crippen LogP contribution >= 0.6 is 0 Å². The molecule has 1 aromatic heterocycles. The highest BCUT2D eigenvalue weighted by Crippen LogP contribution is 2.27. The van der Waals surface area contributed by atoms with Gasteiger partial charge in [-0.05, 0) is 18.2 Å². The number of fused-ring (bicyclic) bond motifs is 1. The molecule has 2 N–H and O–H groups in total. The Morgan fingerprint density at radius 2 is 1.84 bits per heavy atom. The molecule has 19 heavy (non-hydrogen) atoms. The van der Waals surface area contributed by atoms with Crippen molar-refractivity contribution in [1.82, 2.24) is 9.55 Å². The van der Waals surface area contributed by atoms with Crippen LogP contribution in [0.3, 0.4) is 0 Å². The summed E-state index contributed by atoms with van der Waals surface area (Å²) in [5, 5.41) is 0. The highest BCUT2D eigenvalue weighted by atomic mass is 15.1. The van der Waals surface area contributed by atoms with Crippen molar-refractivity contribution in [2.24, 2.45) is 5.41 Å². The molecule has 0 radical (unpaired) electrons. The molecule has 0 bridgehead atoms. The average molecular weight is 251 g/mol. The van der Waals surface area contributed by atoms with E-state index in [-0.39, 0.29) is 5.41 Å². The number of allylic oxidation sites excluding steroid dienone is 2. The Balaban J connectivity index is 2.02. The fourth-order valence-corrected chi connectivity index (χ4v) is 2.06. The van der Waals surface area contributed by atoms with Crippen molar-refractivity contribution < 1.29 is 0 Å². The summed E-state index contributed by atoms with van der Waals surface area (Å²) in [7, 11) is 0. The Labute approximate surface area is 113 Å². The first-order chi connectivity index (χ1) is 9.03. The molecule has 0 fully saturated rings. The number of aromatic nitrogens is 2. The summed E-state index contributed by atoms with van der Waals surface area (Å²) in [5.41, 5.74) is 8.59. The fourth-order valence-electron chi connectivity index (χ4n) is 2.06. The third-order valence-electron chi connectivity index (χ3n) is 3.29. The molecule has 0 aliphatic carbocycles. The van der Waals surface area contributed by atoms with Crippen LogP contribution in [-0.4, -0.2) is 9.55 Å². The van der Waals surface area contributed by atoms with Gasteiger partial charge in [-0.1, -0.05) is 38.1 Å². The smallest absolute Gasteiger partial charge is 0.137 e. The SMILES string of the molecule is CC1(C)C=Cc2nc(-c3ccc(N)cc3)cn2C=C1. The van der Waals surface area contributed by atoms with E-state index in [0.717, 1.165) is 22.8 Å². The highest BCUT2D eigenvalue weighted by molar-refractivity contribution is 5.65. The Hall–Kier alpha value is -2.29. The number of anilines is 1. The van der Waals surface area contributed by atoms with Gasteiger partial charge in [0.15, 0.2) is 0 Å². The maximum absolute atomic E-state index is 5.70. The maximum Gasteiger partial charge on any atom is 0.137 e. The third kappa shape index (κ3) is 2.32. The lowest BCUT2D eigenvalue weighted by Crippen LogP contribution is -2.00. The Kier molecular flexibility index (Phi) is 2.56. The molecule has 1 aromatic carbocycles. The molecule has 3 heteroatoms. The molecule has 0 saturated heterocycles. The molecule has 96 valence electrons. The second-order valence-electron chi connectivity index (χ2n) is 5.48. The van der Waals surface area contributed by atoms with Crippen LogP contribution in [0.2, 0.25) is 0 Å². The van der Waals surface area contributed by atoms with Crippen molar-refractivity contribution in [3.05, 3.63) is 48.4 Å². The number of rotatable bonds is 1. The number of hydrogen-bond acceptors (Lipinski definition) is 2. The van der Waals surface area contributed by atoms with E-state index in [0.29, 0.717) is 0 Å². The highest BCUT2D eigenvalue weighted by Gasteiger charge is 2.14. The van der Waals surface area contributed by atoms with E-state index in [2.05, 4.69) is 47.8 Å². The van der Waals surface area contributed by atoms with Gasteiger partial charge in [0.05, 0.1) is 5.69 Å². The van der Waals surface area contributed by atoms with Crippen LogP contribution in [0, 0.1) is 5.41 Å². The molecule has 0 saturated carbocycles. The zero-order valence-electron chi connectivity index (χ0n) is 11.2. The fraction of sp³-hybridized carbons (Fsp3) is 0.188. The van der Waals surface area contributed by atoms with Gasteiger partial charge in [0.25, 0.3) is 0 Å². The number of nitrogen functional groups attached to an aromatic ring is 1. The van der Waals surface area contributed by atoms with E-state index in [1.807, 2.05) is 30.5 Å². The van der Waals surface area contributed by atoms with E-state index in [9.17, 15) is 0 Å². The molecule has 0 unspecified atom stereocenters. The molecule has 1 aliphatic heterocycles. The quantitative estimate of drug-likeness (QED) is 0.786. The minimum Gasteiger partial charge on any atom is -0.399 e. The van der Waals surface area contributed by atoms with Crippen LogP contribution < -0.4 is 5.73 Å². The molecule has 2 aromatic rings. The largest absolute Gasteiger partial charge is 0.399 e. The third-order valence-corrected chi connectivity index (χ3v) is 3.29. The monoisotopic (exact) mass is 251 g/mol. The van der Waals surface area contributed by atoms with Gasteiger partial charge in [-0.2, -0.15) is 0 Å². The van der Waals surface area contributed by atoms with Gasteiger partial charge < -0.3 is 10.3 Å². The van der Waals surface area contributed by atoms with Gasteiger partial charge in [-0.15, -0.1) is 0 Å². The van der Waals surface area contributed by atoms with Gasteiger partial charge in [-0.3, -0.25) is 0 Å². The first-order valence-electron chi connectivity index (χ1n) is 6.37. The van der Waals surface area contributed by atoms with Crippen molar-refractivity contribution >= 4 is 18.0 Å². The summed E-state index contributed by atoms with van der Waals surface area (Å²) < 4.78 is 2.05. The summed E-state index contributed by atoms with van der Waals surface area (Å²) in [5.74, 6) is 0.952. The molecule has 3 nitrogen and oxygen atoms in total. The van der Waals surface area contributed by atoms with Crippen molar-refractivity contribution in [2.75, 3.05) is 5.73 Å². The van der Waals surface area contributed by atoms with Crippen molar-refractivity contribution in [1.29, 1.82) is 0 Å². The lowest BCUT2D eigenvalue weighted by atomic mass is 9.93. The minimum absolute atomic E-state index is 0.0715. The van der Waals surface area contributed by atoms with E-state index in [1.54, 1.807) is 0 Å². The second-order valence-corrected chi connectivity index (χ2v) is 5.48. The number of nitrogens with two attached hydrogens (primary N) is 1. The standard InChI is InChI=1S/C16H17N3/c1-16(2)8-7-15-18-14(11-19(15)10-9-16)12-3-5-13(17)6-4-12/h3-11H,17H2,1-2H3. The van der Waals surface area contributed by atoms with Crippen LogP contribution in [0.15, 0.2) is 42.6 Å². The molecule has 0 atom stereocenters. The van der Waals surface area contributed by atoms with Crippen molar-refractivity contribution in [3.8, 4) is 11.3 Å². The first-order valence-corrected chi connectivity index (χ1v) is 6.37. The van der Waals surface area contributed by atoms with Crippen LogP contribution in [0.5, 0.6) is 0 Å². The van der Waals surface area contributed by atoms with Crippen LogP contribution in [0.4, 0.5) is 5.69 Å². The van der Waals surface area contributed by atoms with Gasteiger partial charge in [0.2, 0.25) is 0 Å². The zero-order chi connectivity index (χ0) is 13.5. The molecular weight excluding hydrogens is 234 g/mol. The first kappa shape index (κ1) is 11.8. The normalized spacial score (nSPS) is 16.1. The lowest BCUT2D eigenvalue weighted by molar-refractivity contribution is 0.632. The summed E-state index contributed by atoms with van der Waals surface area (Å²) in [6.45, 7) is 4.35. The summed E-state index contributed by atoms with van der Waals surface area (Å²) in [6, 6.07) is 7.78. The Morgan fingerprint density at radius 1 is 1.11 bits per heavy atom. The van der Waals surface area contributed by atoms with Gasteiger partial charge in [0, 0.05) is 29.1 Å². The predicted molar refractivity (Wildman–Crippen MR) is 80.2 cm³/mol. The molecule has 2 heterocycles. The maximum atomic E-state index is 5.70. The predicted octanol–water partition coefficient (Wildman–Crippen LogP) is 3.66. The van der Waals surface area contributed by atoms with Crippen LogP contribution in [0.1, 0.15) is 19.7 Å². The van der Waals surface area contributed by atoms with E-state index < -0.39 is 0 Å². The summed E-state index contributed by atoms with van der Waals surface area (Å²) in [6.07, 6.45) is 10.5. The molecule has 1 aliphatic rings. The molecule has 0 amide bonds. The van der Waals surface area contributed by atoms with Crippen LogP contribution in [0.25, 0.3) is 23.5 Å². The van der Waals surface area contributed by atoms with Crippen LogP contribution in [-0.2, 0) is 0 Å². The van der Waals surface area contributed by atoms with Gasteiger partial charge in [-0.25, -0.2) is 4.98 Å². The summed E-state index contributed by atoms with van der Waals surface area (Å²) in [4.78, 5) is 4.66. The number of benzene rings is 1. The second kappa shape index (κ2) is 4.12. The Morgan fingerprint density at radius 3 is 2.58 bits per heavy atom. The van der Waals surface area contributed by atoms with E-state index in [4.69, 9.17) is 5.73 Å². The molecule has 0 spiro atoms. The van der Waals surface area contributed by atoms with Gasteiger partial charge in [0.1, 0.15) is 5.82 Å². The Bertz CT molecular complexity index is 624. The van der Waals surface area contributed by atoms with E-state index in [1.165, 1.54) is 0 Å². The number of nitrogens with zero attached hydrogens (tertiary/aromatic N) is 2. The zero-order valence-corrected chi connectivity index (χ0v) is 11.2. The number of imidazole rings is 1. The summed E-state index contributed by atoms with van der Waals surface area (Å²) >= 11 is 0. The van der Waals surface area contributed by atoms with Gasteiger partial charge >= 0.3 is 0 Å². The number of hydrogen-bond donors (Lipinski definition) is 1. The van der Waals surface area contributed by atoms with Crippen molar-refractivity contribution in [3.63, 3.8) is 0 Å².